The summed E-state index contributed by atoms with van der Waals surface area (Å²) in [5.74, 6) is 1.45. The summed E-state index contributed by atoms with van der Waals surface area (Å²) in [4.78, 5) is 27.2. The number of methoxy groups -OCH3 is 1. The molecule has 3 aromatic heterocycles. The minimum absolute atomic E-state index is 0.118. The molecule has 0 amide bonds. The van der Waals surface area contributed by atoms with Crippen LogP contribution in [0.4, 0.5) is 0 Å². The van der Waals surface area contributed by atoms with Crippen molar-refractivity contribution in [1.29, 1.82) is 0 Å². The van der Waals surface area contributed by atoms with E-state index in [0.29, 0.717) is 23.4 Å². The number of rotatable bonds is 3. The summed E-state index contributed by atoms with van der Waals surface area (Å²) in [6.45, 7) is 0.331. The maximum absolute atomic E-state index is 12.3. The number of ether oxygens (including phenoxy) is 1. The Labute approximate surface area is 124 Å². The second kappa shape index (κ2) is 4.73. The molecule has 0 aliphatic carbocycles. The summed E-state index contributed by atoms with van der Waals surface area (Å²) in [6, 6.07) is 7.38. The maximum atomic E-state index is 12.3. The Bertz CT molecular complexity index is 1030. The van der Waals surface area contributed by atoms with Crippen molar-refractivity contribution in [3.63, 3.8) is 0 Å². The zero-order valence-electron chi connectivity index (χ0n) is 11.8. The summed E-state index contributed by atoms with van der Waals surface area (Å²) < 4.78 is 6.71. The molecule has 7 nitrogen and oxygen atoms in total. The molecule has 110 valence electrons. The molecule has 1 aromatic carbocycles. The van der Waals surface area contributed by atoms with Gasteiger partial charge >= 0.3 is 0 Å². The summed E-state index contributed by atoms with van der Waals surface area (Å²) >= 11 is 0. The number of benzene rings is 1. The zero-order chi connectivity index (χ0) is 15.1. The van der Waals surface area contributed by atoms with Crippen LogP contribution in [0, 0.1) is 0 Å². The molecule has 22 heavy (non-hydrogen) atoms. The highest BCUT2D eigenvalue weighted by molar-refractivity contribution is 5.77. The molecule has 0 bridgehead atoms. The molecular weight excluding hydrogens is 282 g/mol. The highest BCUT2D eigenvalue weighted by Gasteiger charge is 2.08. The Balaban J connectivity index is 1.75. The standard InChI is InChI=1S/C15H13N5O2/c1-22-9-2-3-10-12(6-9)19-13(18-10)7-20-8-17-11-4-5-16-14(11)15(20)21/h2-6,8,16H,7H2,1H3,(H,18,19). The third-order valence-electron chi connectivity index (χ3n) is 3.59. The fourth-order valence-corrected chi connectivity index (χ4v) is 2.49. The van der Waals surface area contributed by atoms with Gasteiger partial charge in [0, 0.05) is 12.3 Å². The molecule has 0 spiro atoms. The van der Waals surface area contributed by atoms with Crippen molar-refractivity contribution in [2.75, 3.05) is 7.11 Å². The largest absolute Gasteiger partial charge is 0.497 e. The van der Waals surface area contributed by atoms with E-state index >= 15 is 0 Å². The lowest BCUT2D eigenvalue weighted by molar-refractivity contribution is 0.415. The average molecular weight is 295 g/mol. The monoisotopic (exact) mass is 295 g/mol. The molecule has 0 fully saturated rings. The molecular formula is C15H13N5O2. The van der Waals surface area contributed by atoms with Crippen LogP contribution in [0.1, 0.15) is 5.82 Å². The lowest BCUT2D eigenvalue weighted by Crippen LogP contribution is -2.21. The highest BCUT2D eigenvalue weighted by atomic mass is 16.5. The first-order valence-electron chi connectivity index (χ1n) is 6.80. The van der Waals surface area contributed by atoms with Crippen LogP contribution in [0.3, 0.4) is 0 Å². The van der Waals surface area contributed by atoms with Gasteiger partial charge in [0.25, 0.3) is 5.56 Å². The molecule has 0 unspecified atom stereocenters. The first kappa shape index (κ1) is 12.6. The van der Waals surface area contributed by atoms with E-state index in [-0.39, 0.29) is 5.56 Å². The topological polar surface area (TPSA) is 88.6 Å². The van der Waals surface area contributed by atoms with Gasteiger partial charge in [-0.2, -0.15) is 0 Å². The summed E-state index contributed by atoms with van der Waals surface area (Å²) in [7, 11) is 1.62. The van der Waals surface area contributed by atoms with Crippen molar-refractivity contribution in [2.45, 2.75) is 6.54 Å². The molecule has 0 saturated heterocycles. The quantitative estimate of drug-likeness (QED) is 0.601. The Hall–Kier alpha value is -3.09. The third-order valence-corrected chi connectivity index (χ3v) is 3.59. The van der Waals surface area contributed by atoms with Crippen molar-refractivity contribution < 1.29 is 4.74 Å². The van der Waals surface area contributed by atoms with Gasteiger partial charge in [-0.1, -0.05) is 0 Å². The van der Waals surface area contributed by atoms with Crippen LogP contribution in [0.15, 0.2) is 41.6 Å². The third kappa shape index (κ3) is 1.95. The minimum Gasteiger partial charge on any atom is -0.497 e. The number of H-pyrrole nitrogens is 2. The average Bonchev–Trinajstić information content (AvgIpc) is 3.15. The molecule has 0 aliphatic heterocycles. The van der Waals surface area contributed by atoms with E-state index in [0.717, 1.165) is 16.8 Å². The number of fused-ring (bicyclic) bond motifs is 2. The first-order chi connectivity index (χ1) is 10.7. The fraction of sp³-hybridized carbons (Fsp3) is 0.133. The number of imidazole rings is 1. The van der Waals surface area contributed by atoms with Gasteiger partial charge in [0.1, 0.15) is 17.1 Å². The van der Waals surface area contributed by atoms with Gasteiger partial charge in [-0.05, 0) is 18.2 Å². The minimum atomic E-state index is -0.118. The van der Waals surface area contributed by atoms with Gasteiger partial charge in [-0.15, -0.1) is 0 Å². The highest BCUT2D eigenvalue weighted by Crippen LogP contribution is 2.18. The van der Waals surface area contributed by atoms with Crippen LogP contribution in [0.5, 0.6) is 5.75 Å². The van der Waals surface area contributed by atoms with E-state index in [1.807, 2.05) is 18.2 Å². The van der Waals surface area contributed by atoms with Crippen LogP contribution in [0.2, 0.25) is 0 Å². The van der Waals surface area contributed by atoms with E-state index in [1.165, 1.54) is 10.9 Å². The Morgan fingerprint density at radius 2 is 2.18 bits per heavy atom. The smallest absolute Gasteiger partial charge is 0.278 e. The Morgan fingerprint density at radius 1 is 1.27 bits per heavy atom. The summed E-state index contributed by atoms with van der Waals surface area (Å²) in [5, 5.41) is 0. The van der Waals surface area contributed by atoms with E-state index in [9.17, 15) is 4.79 Å². The Morgan fingerprint density at radius 3 is 3.05 bits per heavy atom. The lowest BCUT2D eigenvalue weighted by atomic mass is 10.3. The lowest BCUT2D eigenvalue weighted by Gasteiger charge is -2.02. The number of hydrogen-bond acceptors (Lipinski definition) is 4. The van der Waals surface area contributed by atoms with Gasteiger partial charge in [0.05, 0.1) is 36.5 Å². The number of nitrogens with one attached hydrogen (secondary N) is 2. The van der Waals surface area contributed by atoms with Crippen molar-refractivity contribution in [3.05, 3.63) is 53.0 Å². The predicted octanol–water partition coefficient (Wildman–Crippen LogP) is 1.66. The second-order valence-corrected chi connectivity index (χ2v) is 4.98. The van der Waals surface area contributed by atoms with Gasteiger partial charge in [0.15, 0.2) is 0 Å². The number of aromatic amines is 2. The molecule has 0 saturated carbocycles. The van der Waals surface area contributed by atoms with E-state index < -0.39 is 0 Å². The summed E-state index contributed by atoms with van der Waals surface area (Å²) in [6.07, 6.45) is 3.24. The SMILES string of the molecule is COc1ccc2nc(Cn3cnc4cc[nH]c4c3=O)[nH]c2c1. The molecule has 4 rings (SSSR count). The number of nitrogens with zero attached hydrogens (tertiary/aromatic N) is 3. The molecule has 0 aliphatic rings. The zero-order valence-corrected chi connectivity index (χ0v) is 11.8. The van der Waals surface area contributed by atoms with Crippen LogP contribution in [0.25, 0.3) is 22.1 Å². The predicted molar refractivity (Wildman–Crippen MR) is 82.1 cm³/mol. The normalized spacial score (nSPS) is 11.3. The van der Waals surface area contributed by atoms with Crippen LogP contribution in [-0.4, -0.2) is 31.6 Å². The summed E-state index contributed by atoms with van der Waals surface area (Å²) in [5.41, 5.74) is 2.75. The van der Waals surface area contributed by atoms with Crippen molar-refractivity contribution >= 4 is 22.1 Å². The van der Waals surface area contributed by atoms with Crippen molar-refractivity contribution in [2.24, 2.45) is 0 Å². The number of hydrogen-bond donors (Lipinski definition) is 2. The van der Waals surface area contributed by atoms with E-state index in [4.69, 9.17) is 4.74 Å². The molecule has 2 N–H and O–H groups in total. The molecule has 0 radical (unpaired) electrons. The van der Waals surface area contributed by atoms with Gasteiger partial charge in [-0.3, -0.25) is 9.36 Å². The van der Waals surface area contributed by atoms with Crippen LogP contribution >= 0.6 is 0 Å². The van der Waals surface area contributed by atoms with Crippen molar-refractivity contribution in [1.82, 2.24) is 24.5 Å². The van der Waals surface area contributed by atoms with Gasteiger partial charge in [-0.25, -0.2) is 9.97 Å². The first-order valence-corrected chi connectivity index (χ1v) is 6.80. The molecule has 0 atom stereocenters. The molecule has 7 heteroatoms. The maximum Gasteiger partial charge on any atom is 0.278 e. The molecule has 3 heterocycles. The van der Waals surface area contributed by atoms with Gasteiger partial charge < -0.3 is 14.7 Å². The van der Waals surface area contributed by atoms with Crippen LogP contribution in [-0.2, 0) is 6.54 Å². The second-order valence-electron chi connectivity index (χ2n) is 4.98. The Kier molecular flexibility index (Phi) is 2.72. The van der Waals surface area contributed by atoms with Crippen molar-refractivity contribution in [3.8, 4) is 5.75 Å². The molecule has 4 aromatic rings. The van der Waals surface area contributed by atoms with E-state index in [1.54, 1.807) is 19.4 Å². The van der Waals surface area contributed by atoms with Gasteiger partial charge in [0.2, 0.25) is 0 Å². The van der Waals surface area contributed by atoms with Crippen LogP contribution < -0.4 is 10.3 Å². The van der Waals surface area contributed by atoms with E-state index in [2.05, 4.69) is 19.9 Å². The fourth-order valence-electron chi connectivity index (χ4n) is 2.49. The number of aromatic nitrogens is 5.